The summed E-state index contributed by atoms with van der Waals surface area (Å²) in [5.74, 6) is -1.79. The number of carbonyl (C=O) groups is 4. The summed E-state index contributed by atoms with van der Waals surface area (Å²) in [6.07, 6.45) is -4.35. The van der Waals surface area contributed by atoms with E-state index < -0.39 is 79.1 Å². The Hall–Kier alpha value is -5.12. The van der Waals surface area contributed by atoms with Crippen LogP contribution in [-0.2, 0) is 52.4 Å². The monoisotopic (exact) mass is 1020 g/mol. The van der Waals surface area contributed by atoms with Crippen molar-refractivity contribution < 1.29 is 80.4 Å². The lowest BCUT2D eigenvalue weighted by molar-refractivity contribution is -0.152. The number of benzene rings is 3. The molecule has 4 N–H and O–H groups in total. The molecule has 3 aromatic carbocycles. The molecule has 20 nitrogen and oxygen atoms in total. The Labute approximate surface area is 410 Å². The molecular formula is C48H68N3O17PS. The van der Waals surface area contributed by atoms with Gasteiger partial charge in [-0.05, 0) is 86.9 Å². The molecule has 0 aliphatic carbocycles. The van der Waals surface area contributed by atoms with E-state index >= 15 is 0 Å². The summed E-state index contributed by atoms with van der Waals surface area (Å²) in [6.45, 7) is 7.58. The average molecular weight is 1020 g/mol. The van der Waals surface area contributed by atoms with Gasteiger partial charge >= 0.3 is 24.0 Å². The fourth-order valence-electron chi connectivity index (χ4n) is 7.70. The summed E-state index contributed by atoms with van der Waals surface area (Å²) >= 11 is 0. The highest BCUT2D eigenvalue weighted by molar-refractivity contribution is 7.89. The SMILES string of the molecule is CCOC(=O)C(COc1ccccc1)O[PH](=O)N(CC)C(NC(=O)O[C@@H]1[C@@H]2CCO[C@@H]2O[C@H]1CCC(O)CN(CC(C)C)S(=O)(=O)c1ccc(OC)cc1)c1ccccc1.O=C(O)CCCCC(=O)O. The van der Waals surface area contributed by atoms with Crippen LogP contribution in [0.4, 0.5) is 4.79 Å². The zero-order chi connectivity index (χ0) is 51.2. The standard InChI is InChI=1S/C42H58N3O13PS.C6H10O4/c1-6-45(59(49)58-37(40(47)53-7-2)28-55-33-16-12-9-13-17-33)39(30-14-10-8-11-15-30)43-42(48)57-38-35-24-25-54-41(35)56-36(38)23-18-31(46)27-44(26-29(3)4)60(50,51)34-21-19-32(52-5)20-22-34;7-5(8)3-1-2-4-6(9)10/h8-17,19-22,29,31,35-39,41,46,59H,6-7,18,23-28H2,1-5H3,(H,43,48);1-4H2,(H,7,8)(H,9,10)/t31?,35-,36-,37?,38+,39?,41+;/m0./s1. The number of carboxylic acid groups (broad SMARTS) is 2. The molecule has 2 aliphatic heterocycles. The van der Waals surface area contributed by atoms with Gasteiger partial charge in [-0.25, -0.2) is 22.7 Å². The van der Waals surface area contributed by atoms with E-state index in [0.717, 1.165) is 0 Å². The normalized spacial score (nSPS) is 19.3. The van der Waals surface area contributed by atoms with E-state index in [1.54, 1.807) is 80.6 Å². The first-order chi connectivity index (χ1) is 33.5. The maximum Gasteiger partial charge on any atom is 0.409 e. The predicted molar refractivity (Wildman–Crippen MR) is 256 cm³/mol. The summed E-state index contributed by atoms with van der Waals surface area (Å²) in [5, 5.41) is 30.4. The number of fused-ring (bicyclic) bond motifs is 1. The van der Waals surface area contributed by atoms with Crippen LogP contribution in [0.15, 0.2) is 89.8 Å². The lowest BCUT2D eigenvalue weighted by atomic mass is 9.96. The van der Waals surface area contributed by atoms with Crippen LogP contribution in [0.5, 0.6) is 11.5 Å². The van der Waals surface area contributed by atoms with Crippen LogP contribution in [0.25, 0.3) is 0 Å². The number of para-hydroxylation sites is 1. The molecule has 0 spiro atoms. The Kier molecular flexibility index (Phi) is 24.0. The highest BCUT2D eigenvalue weighted by Gasteiger charge is 2.50. The van der Waals surface area contributed by atoms with Crippen LogP contribution in [0, 0.1) is 11.8 Å². The molecule has 1 amide bonds. The number of esters is 1. The van der Waals surface area contributed by atoms with E-state index in [0.29, 0.717) is 42.9 Å². The number of carbonyl (C=O) groups excluding carboxylic acids is 2. The van der Waals surface area contributed by atoms with Gasteiger partial charge in [-0.2, -0.15) is 4.31 Å². The molecule has 0 saturated carbocycles. The van der Waals surface area contributed by atoms with Crippen molar-refractivity contribution in [2.75, 3.05) is 46.6 Å². The molecule has 70 heavy (non-hydrogen) atoms. The van der Waals surface area contributed by atoms with Gasteiger partial charge in [-0.15, -0.1) is 0 Å². The van der Waals surface area contributed by atoms with Crippen LogP contribution in [-0.4, -0.2) is 134 Å². The zero-order valence-electron chi connectivity index (χ0n) is 40.3. The van der Waals surface area contributed by atoms with E-state index in [1.165, 1.54) is 28.2 Å². The number of aliphatic hydroxyl groups is 1. The van der Waals surface area contributed by atoms with Crippen molar-refractivity contribution >= 4 is 42.2 Å². The van der Waals surface area contributed by atoms with Crippen molar-refractivity contribution in [2.24, 2.45) is 11.8 Å². The maximum absolute atomic E-state index is 14.0. The molecule has 5 rings (SSSR count). The highest BCUT2D eigenvalue weighted by atomic mass is 32.2. The third-order valence-electron chi connectivity index (χ3n) is 11.1. The van der Waals surface area contributed by atoms with Crippen molar-refractivity contribution in [3.63, 3.8) is 0 Å². The number of ether oxygens (including phenoxy) is 6. The zero-order valence-corrected chi connectivity index (χ0v) is 42.1. The summed E-state index contributed by atoms with van der Waals surface area (Å²) in [7, 11) is -5.69. The molecule has 3 aromatic rings. The molecule has 2 saturated heterocycles. The minimum Gasteiger partial charge on any atom is -0.497 e. The minimum absolute atomic E-state index is 0.0161. The first kappa shape index (κ1) is 57.5. The molecule has 0 bridgehead atoms. The third kappa shape index (κ3) is 18.2. The number of hydrogen-bond donors (Lipinski definition) is 4. The second-order valence-electron chi connectivity index (χ2n) is 16.8. The van der Waals surface area contributed by atoms with Gasteiger partial charge in [0.1, 0.15) is 30.4 Å². The van der Waals surface area contributed by atoms with E-state index in [1.807, 2.05) is 19.9 Å². The second kappa shape index (κ2) is 29.3. The van der Waals surface area contributed by atoms with Gasteiger partial charge in [0.25, 0.3) is 8.18 Å². The quantitative estimate of drug-likeness (QED) is 0.0262. The summed E-state index contributed by atoms with van der Waals surface area (Å²) < 4.78 is 84.2. The van der Waals surface area contributed by atoms with Crippen LogP contribution in [0.1, 0.15) is 84.4 Å². The number of carboxylic acids is 2. The molecule has 2 aliphatic rings. The molecule has 22 heteroatoms. The summed E-state index contributed by atoms with van der Waals surface area (Å²) in [4.78, 5) is 46.7. The van der Waals surface area contributed by atoms with Crippen LogP contribution >= 0.6 is 8.18 Å². The lowest BCUT2D eigenvalue weighted by Gasteiger charge is -2.32. The number of nitrogens with one attached hydrogen (secondary N) is 1. The van der Waals surface area contributed by atoms with E-state index in [9.17, 15) is 37.3 Å². The maximum atomic E-state index is 14.0. The number of aliphatic hydroxyl groups excluding tert-OH is 1. The Bertz CT molecular complexity index is 2190. The summed E-state index contributed by atoms with van der Waals surface area (Å²) in [6, 6.07) is 23.8. The van der Waals surface area contributed by atoms with Gasteiger partial charge in [0.2, 0.25) is 10.0 Å². The number of amides is 1. The minimum atomic E-state index is -3.94. The van der Waals surface area contributed by atoms with Crippen LogP contribution in [0.3, 0.4) is 0 Å². The highest BCUT2D eigenvalue weighted by Crippen LogP contribution is 2.41. The number of unbranched alkanes of at least 4 members (excludes halogenated alkanes) is 1. The van der Waals surface area contributed by atoms with Gasteiger partial charge in [-0.1, -0.05) is 69.3 Å². The van der Waals surface area contributed by atoms with Crippen molar-refractivity contribution in [3.05, 3.63) is 90.5 Å². The Morgan fingerprint density at radius 2 is 1.51 bits per heavy atom. The first-order valence-electron chi connectivity index (χ1n) is 23.3. The number of hydrogen-bond acceptors (Lipinski definition) is 15. The van der Waals surface area contributed by atoms with Crippen LogP contribution in [0.2, 0.25) is 0 Å². The number of methoxy groups -OCH3 is 1. The Morgan fingerprint density at radius 3 is 2.09 bits per heavy atom. The van der Waals surface area contributed by atoms with E-state index in [4.69, 9.17) is 43.2 Å². The van der Waals surface area contributed by atoms with Crippen molar-refractivity contribution in [3.8, 4) is 11.5 Å². The molecule has 0 radical (unpaired) electrons. The Morgan fingerprint density at radius 1 is 0.886 bits per heavy atom. The van der Waals surface area contributed by atoms with Crippen molar-refractivity contribution in [1.82, 2.24) is 14.3 Å². The molecule has 2 fully saturated rings. The third-order valence-corrected chi connectivity index (χ3v) is 14.5. The summed E-state index contributed by atoms with van der Waals surface area (Å²) in [5.41, 5.74) is 0.575. The molecule has 8 atom stereocenters. The van der Waals surface area contributed by atoms with E-state index in [-0.39, 0.29) is 75.3 Å². The molecule has 388 valence electrons. The van der Waals surface area contributed by atoms with Gasteiger partial charge in [0.15, 0.2) is 12.4 Å². The second-order valence-corrected chi connectivity index (χ2v) is 20.1. The molecule has 4 unspecified atom stereocenters. The van der Waals surface area contributed by atoms with E-state index in [2.05, 4.69) is 5.32 Å². The predicted octanol–water partition coefficient (Wildman–Crippen LogP) is 6.49. The van der Waals surface area contributed by atoms with Gasteiger partial charge in [-0.3, -0.25) is 14.2 Å². The number of alkyl carbamates (subject to hydrolysis) is 1. The number of aliphatic carboxylic acids is 2. The average Bonchev–Trinajstić information content (AvgIpc) is 3.93. The number of sulfonamides is 1. The van der Waals surface area contributed by atoms with Gasteiger partial charge in [0, 0.05) is 32.5 Å². The fourth-order valence-corrected chi connectivity index (χ4v) is 10.6. The molecular weight excluding hydrogens is 954 g/mol. The molecule has 0 aromatic heterocycles. The lowest BCUT2D eigenvalue weighted by Crippen LogP contribution is -2.43. The topological polar surface area (TPSA) is 263 Å². The number of nitrogens with zero attached hydrogens (tertiary/aromatic N) is 2. The number of rotatable bonds is 28. The van der Waals surface area contributed by atoms with Crippen molar-refractivity contribution in [2.45, 2.75) is 114 Å². The molecule has 2 heterocycles. The van der Waals surface area contributed by atoms with Gasteiger partial charge in [0.05, 0.1) is 43.3 Å². The smallest absolute Gasteiger partial charge is 0.409 e. The first-order valence-corrected chi connectivity index (χ1v) is 26.0. The Balaban J connectivity index is 0.000000956. The van der Waals surface area contributed by atoms with Gasteiger partial charge < -0.3 is 53.6 Å². The van der Waals surface area contributed by atoms with Crippen LogP contribution < -0.4 is 14.8 Å². The fraction of sp³-hybridized carbons (Fsp3) is 0.542. The van der Waals surface area contributed by atoms with Crippen molar-refractivity contribution in [1.29, 1.82) is 0 Å². The largest absolute Gasteiger partial charge is 0.497 e.